The second-order valence-electron chi connectivity index (χ2n) is 7.37. The van der Waals surface area contributed by atoms with Crippen LogP contribution in [0.4, 0.5) is 5.95 Å². The van der Waals surface area contributed by atoms with Crippen molar-refractivity contribution in [3.05, 3.63) is 82.7 Å². The number of nitro groups is 1. The van der Waals surface area contributed by atoms with Crippen LogP contribution in [-0.2, 0) is 33.8 Å². The van der Waals surface area contributed by atoms with Gasteiger partial charge in [0.1, 0.15) is 12.4 Å². The van der Waals surface area contributed by atoms with E-state index in [2.05, 4.69) is 19.9 Å². The van der Waals surface area contributed by atoms with Gasteiger partial charge in [-0.1, -0.05) is 17.1 Å². The van der Waals surface area contributed by atoms with Crippen molar-refractivity contribution in [3.63, 3.8) is 0 Å². The molecule has 0 N–H and O–H groups in total. The third-order valence-corrected chi connectivity index (χ3v) is 4.85. The predicted molar refractivity (Wildman–Crippen MR) is 124 cm³/mol. The lowest BCUT2D eigenvalue weighted by molar-refractivity contribution is -0.396. The van der Waals surface area contributed by atoms with E-state index in [1.54, 1.807) is 18.6 Å². The van der Waals surface area contributed by atoms with Crippen molar-refractivity contribution in [3.8, 4) is 0 Å². The molecule has 0 spiro atoms. The Balaban J connectivity index is 1.24. The zero-order valence-corrected chi connectivity index (χ0v) is 19.1. The lowest BCUT2D eigenvalue weighted by atomic mass is 10.3. The molecule has 3 aromatic heterocycles. The Morgan fingerprint density at radius 1 is 0.794 bits per heavy atom. The Kier molecular flexibility index (Phi) is 11.1. The van der Waals surface area contributed by atoms with E-state index in [0.717, 1.165) is 31.0 Å². The zero-order chi connectivity index (χ0) is 23.8. The summed E-state index contributed by atoms with van der Waals surface area (Å²) in [6.45, 7) is 5.27. The van der Waals surface area contributed by atoms with Crippen molar-refractivity contribution in [2.45, 2.75) is 19.6 Å². The van der Waals surface area contributed by atoms with E-state index in [4.69, 9.17) is 14.2 Å². The molecule has 11 nitrogen and oxygen atoms in total. The topological polar surface area (TPSA) is 118 Å². The van der Waals surface area contributed by atoms with E-state index in [0.29, 0.717) is 46.2 Å². The Labute approximate surface area is 198 Å². The number of nitrogens with zero attached hydrogens (tertiary/aromatic N) is 6. The molecule has 0 aliphatic rings. The Morgan fingerprint density at radius 3 is 1.94 bits per heavy atom. The molecule has 0 aromatic carbocycles. The van der Waals surface area contributed by atoms with Gasteiger partial charge in [-0.2, -0.15) is 0 Å². The molecule has 0 amide bonds. The van der Waals surface area contributed by atoms with E-state index in [9.17, 15) is 10.1 Å². The first kappa shape index (κ1) is 25.4. The Hall–Kier alpha value is -3.25. The van der Waals surface area contributed by atoms with E-state index in [-0.39, 0.29) is 5.95 Å². The first-order valence-corrected chi connectivity index (χ1v) is 11.1. The molecule has 0 aliphatic carbocycles. The summed E-state index contributed by atoms with van der Waals surface area (Å²) in [5.41, 5.74) is 2.01. The second-order valence-corrected chi connectivity index (χ2v) is 7.37. The van der Waals surface area contributed by atoms with Crippen LogP contribution in [0, 0.1) is 10.1 Å². The number of aromatic nitrogens is 4. The summed E-state index contributed by atoms with van der Waals surface area (Å²) in [4.78, 5) is 25.1. The van der Waals surface area contributed by atoms with Crippen LogP contribution in [0.25, 0.3) is 0 Å². The summed E-state index contributed by atoms with van der Waals surface area (Å²) < 4.78 is 18.2. The quantitative estimate of drug-likeness (QED) is 0.166. The maximum atomic E-state index is 10.8. The number of rotatable bonds is 17. The molecule has 0 radical (unpaired) electrons. The monoisotopic (exact) mass is 470 g/mol. The molecule has 0 saturated heterocycles. The maximum absolute atomic E-state index is 10.8. The Bertz CT molecular complexity index is 915. The minimum atomic E-state index is -0.514. The molecule has 3 heterocycles. The number of ether oxygens (including phenoxy) is 3. The fourth-order valence-corrected chi connectivity index (χ4v) is 3.20. The van der Waals surface area contributed by atoms with E-state index >= 15 is 0 Å². The molecule has 0 atom stereocenters. The molecule has 0 fully saturated rings. The lowest BCUT2D eigenvalue weighted by Crippen LogP contribution is -2.28. The van der Waals surface area contributed by atoms with Gasteiger partial charge in [0.15, 0.2) is 0 Å². The van der Waals surface area contributed by atoms with E-state index in [1.807, 2.05) is 36.4 Å². The molecule has 0 aliphatic heterocycles. The SMILES string of the molecule is O=[N+]([O-])c1nccn1CCOCCOCCOCCN(Cc1ccccn1)Cc1ccccn1. The van der Waals surface area contributed by atoms with Crippen molar-refractivity contribution in [2.75, 3.05) is 46.2 Å². The van der Waals surface area contributed by atoms with Crippen LogP contribution in [0.15, 0.2) is 61.2 Å². The standard InChI is InChI=1S/C23H30N6O5/c30-29(31)23-26-9-10-28(23)12-14-33-16-18-34-17-15-32-13-11-27(19-21-5-1-3-7-24-21)20-22-6-2-4-8-25-22/h1-10H,11-20H2. The number of hydrogen-bond acceptors (Lipinski definition) is 9. The van der Waals surface area contributed by atoms with Crippen LogP contribution in [0.1, 0.15) is 11.4 Å². The molecule has 0 saturated carbocycles. The minimum Gasteiger partial charge on any atom is -0.390 e. The molecule has 0 unspecified atom stereocenters. The van der Waals surface area contributed by atoms with Crippen molar-refractivity contribution in [2.24, 2.45) is 0 Å². The molecule has 11 heteroatoms. The number of imidazole rings is 1. The summed E-state index contributed by atoms with van der Waals surface area (Å²) in [7, 11) is 0. The summed E-state index contributed by atoms with van der Waals surface area (Å²) in [6, 6.07) is 11.8. The van der Waals surface area contributed by atoms with Gasteiger partial charge in [0.05, 0.1) is 57.6 Å². The molecule has 182 valence electrons. The van der Waals surface area contributed by atoms with Gasteiger partial charge in [0, 0.05) is 32.0 Å². The van der Waals surface area contributed by atoms with E-state index in [1.165, 1.54) is 10.8 Å². The van der Waals surface area contributed by atoms with Crippen LogP contribution in [-0.4, -0.2) is 75.5 Å². The normalized spacial score (nSPS) is 11.2. The molecular weight excluding hydrogens is 440 g/mol. The van der Waals surface area contributed by atoms with Crippen molar-refractivity contribution >= 4 is 5.95 Å². The molecule has 34 heavy (non-hydrogen) atoms. The van der Waals surface area contributed by atoms with Crippen LogP contribution >= 0.6 is 0 Å². The first-order chi connectivity index (χ1) is 16.7. The van der Waals surface area contributed by atoms with Gasteiger partial charge < -0.3 is 24.3 Å². The van der Waals surface area contributed by atoms with Crippen LogP contribution in [0.5, 0.6) is 0 Å². The maximum Gasteiger partial charge on any atom is 0.434 e. The first-order valence-electron chi connectivity index (χ1n) is 11.1. The van der Waals surface area contributed by atoms with Gasteiger partial charge in [0.25, 0.3) is 0 Å². The van der Waals surface area contributed by atoms with Crippen LogP contribution in [0.2, 0.25) is 0 Å². The summed E-state index contributed by atoms with van der Waals surface area (Å²) in [6.07, 6.45) is 6.56. The smallest absolute Gasteiger partial charge is 0.390 e. The van der Waals surface area contributed by atoms with Crippen molar-refractivity contribution in [1.29, 1.82) is 0 Å². The fourth-order valence-electron chi connectivity index (χ4n) is 3.20. The average molecular weight is 471 g/mol. The van der Waals surface area contributed by atoms with Gasteiger partial charge >= 0.3 is 5.95 Å². The lowest BCUT2D eigenvalue weighted by Gasteiger charge is -2.21. The van der Waals surface area contributed by atoms with E-state index < -0.39 is 4.92 Å². The van der Waals surface area contributed by atoms with Gasteiger partial charge in [-0.05, 0) is 29.2 Å². The summed E-state index contributed by atoms with van der Waals surface area (Å²) in [5.74, 6) is -0.185. The van der Waals surface area contributed by atoms with Crippen molar-refractivity contribution in [1.82, 2.24) is 24.4 Å². The molecule has 3 rings (SSSR count). The van der Waals surface area contributed by atoms with Gasteiger partial charge in [0.2, 0.25) is 0 Å². The Morgan fingerprint density at radius 2 is 1.38 bits per heavy atom. The molecule has 3 aromatic rings. The van der Waals surface area contributed by atoms with Gasteiger partial charge in [-0.3, -0.25) is 14.9 Å². The zero-order valence-electron chi connectivity index (χ0n) is 19.1. The van der Waals surface area contributed by atoms with Gasteiger partial charge in [-0.15, -0.1) is 0 Å². The highest BCUT2D eigenvalue weighted by Gasteiger charge is 2.13. The minimum absolute atomic E-state index is 0.185. The third kappa shape index (κ3) is 9.32. The summed E-state index contributed by atoms with van der Waals surface area (Å²) in [5, 5.41) is 10.8. The van der Waals surface area contributed by atoms with Crippen LogP contribution < -0.4 is 0 Å². The fraction of sp³-hybridized carbons (Fsp3) is 0.435. The third-order valence-electron chi connectivity index (χ3n) is 4.85. The highest BCUT2D eigenvalue weighted by molar-refractivity contribution is 5.07. The van der Waals surface area contributed by atoms with Crippen molar-refractivity contribution < 1.29 is 19.1 Å². The predicted octanol–water partition coefficient (Wildman–Crippen LogP) is 2.33. The van der Waals surface area contributed by atoms with Crippen LogP contribution in [0.3, 0.4) is 0 Å². The highest BCUT2D eigenvalue weighted by atomic mass is 16.6. The number of hydrogen-bond donors (Lipinski definition) is 0. The molecule has 0 bridgehead atoms. The highest BCUT2D eigenvalue weighted by Crippen LogP contribution is 2.07. The molecular formula is C23H30N6O5. The largest absolute Gasteiger partial charge is 0.434 e. The summed E-state index contributed by atoms with van der Waals surface area (Å²) >= 11 is 0. The average Bonchev–Trinajstić information content (AvgIpc) is 3.33. The van der Waals surface area contributed by atoms with Gasteiger partial charge in [-0.25, -0.2) is 4.57 Å². The second kappa shape index (κ2) is 14.8. The number of pyridine rings is 2.